The van der Waals surface area contributed by atoms with Crippen molar-refractivity contribution in [1.82, 2.24) is 5.32 Å². The molecule has 2 aromatic carbocycles. The van der Waals surface area contributed by atoms with Gasteiger partial charge in [-0.1, -0.05) is 54.2 Å². The summed E-state index contributed by atoms with van der Waals surface area (Å²) in [5.74, 6) is 0.755. The summed E-state index contributed by atoms with van der Waals surface area (Å²) in [6.07, 6.45) is 0. The van der Waals surface area contributed by atoms with E-state index in [4.69, 9.17) is 4.99 Å². The monoisotopic (exact) mass is 300 g/mol. The summed E-state index contributed by atoms with van der Waals surface area (Å²) in [5.41, 5.74) is 2.30. The van der Waals surface area contributed by atoms with Crippen LogP contribution in [0.5, 0.6) is 0 Å². The van der Waals surface area contributed by atoms with Crippen molar-refractivity contribution >= 4 is 16.9 Å². The molecule has 0 bridgehead atoms. The molecular formula is C17H17FN2S. The highest BCUT2D eigenvalue weighted by Crippen LogP contribution is 2.30. The molecule has 0 radical (unpaired) electrons. The maximum absolute atomic E-state index is 12.9. The molecule has 2 aromatic rings. The summed E-state index contributed by atoms with van der Waals surface area (Å²) in [6, 6.07) is 17.3. The summed E-state index contributed by atoms with van der Waals surface area (Å²) in [4.78, 5) is 4.74. The highest BCUT2D eigenvalue weighted by Gasteiger charge is 2.21. The van der Waals surface area contributed by atoms with E-state index in [9.17, 15) is 4.39 Å². The number of halogens is 1. The first kappa shape index (κ1) is 14.1. The number of thioether (sulfide) groups is 1. The van der Waals surface area contributed by atoms with E-state index in [1.807, 2.05) is 30.3 Å². The van der Waals surface area contributed by atoms with Crippen molar-refractivity contribution in [3.05, 3.63) is 71.5 Å². The molecule has 1 aliphatic heterocycles. The van der Waals surface area contributed by atoms with Crippen LogP contribution in [0.4, 0.5) is 4.39 Å². The van der Waals surface area contributed by atoms with Crippen molar-refractivity contribution in [2.24, 2.45) is 4.99 Å². The first-order chi connectivity index (χ1) is 10.2. The highest BCUT2D eigenvalue weighted by atomic mass is 32.2. The minimum Gasteiger partial charge on any atom is -0.358 e. The third-order valence-corrected chi connectivity index (χ3v) is 4.52. The zero-order valence-electron chi connectivity index (χ0n) is 11.8. The molecule has 0 aliphatic carbocycles. The Balaban J connectivity index is 1.67. The van der Waals surface area contributed by atoms with Crippen LogP contribution < -0.4 is 5.32 Å². The minimum atomic E-state index is -0.206. The third kappa shape index (κ3) is 3.45. The molecule has 0 saturated heterocycles. The lowest BCUT2D eigenvalue weighted by atomic mass is 10.1. The van der Waals surface area contributed by atoms with Crippen LogP contribution in [0.3, 0.4) is 0 Å². The van der Waals surface area contributed by atoms with E-state index in [2.05, 4.69) is 24.4 Å². The second-order valence-electron chi connectivity index (χ2n) is 5.09. The quantitative estimate of drug-likeness (QED) is 0.913. The molecule has 1 heterocycles. The molecule has 3 rings (SSSR count). The molecule has 0 aromatic heterocycles. The molecule has 4 heteroatoms. The van der Waals surface area contributed by atoms with Crippen LogP contribution in [-0.4, -0.2) is 10.9 Å². The predicted molar refractivity (Wildman–Crippen MR) is 87.0 cm³/mol. The zero-order chi connectivity index (χ0) is 14.7. The number of hydrogen-bond acceptors (Lipinski definition) is 3. The van der Waals surface area contributed by atoms with E-state index in [-0.39, 0.29) is 17.9 Å². The van der Waals surface area contributed by atoms with Crippen LogP contribution in [0, 0.1) is 5.82 Å². The van der Waals surface area contributed by atoms with Crippen LogP contribution in [-0.2, 0) is 0 Å². The van der Waals surface area contributed by atoms with Gasteiger partial charge in [0.05, 0.1) is 12.1 Å². The topological polar surface area (TPSA) is 24.4 Å². The smallest absolute Gasteiger partial charge is 0.157 e. The molecule has 1 aliphatic rings. The summed E-state index contributed by atoms with van der Waals surface area (Å²) in [6.45, 7) is 2.06. The summed E-state index contributed by atoms with van der Waals surface area (Å²) in [5, 5.41) is 4.36. The zero-order valence-corrected chi connectivity index (χ0v) is 12.6. The van der Waals surface area contributed by atoms with Crippen molar-refractivity contribution in [1.29, 1.82) is 0 Å². The van der Waals surface area contributed by atoms with Crippen molar-refractivity contribution in [2.75, 3.05) is 5.75 Å². The molecular weight excluding hydrogens is 283 g/mol. The largest absolute Gasteiger partial charge is 0.358 e. The average Bonchev–Trinajstić information content (AvgIpc) is 2.97. The van der Waals surface area contributed by atoms with Gasteiger partial charge in [0.15, 0.2) is 5.17 Å². The molecule has 21 heavy (non-hydrogen) atoms. The third-order valence-electron chi connectivity index (χ3n) is 3.55. The first-order valence-electron chi connectivity index (χ1n) is 7.00. The first-order valence-corrected chi connectivity index (χ1v) is 7.98. The maximum Gasteiger partial charge on any atom is 0.157 e. The van der Waals surface area contributed by atoms with Crippen LogP contribution in [0.1, 0.15) is 30.1 Å². The Kier molecular flexibility index (Phi) is 4.25. The average molecular weight is 300 g/mol. The van der Waals surface area contributed by atoms with Gasteiger partial charge in [-0.3, -0.25) is 4.99 Å². The van der Waals surface area contributed by atoms with Gasteiger partial charge in [-0.05, 0) is 30.2 Å². The molecule has 2 nitrogen and oxygen atoms in total. The molecule has 108 valence electrons. The summed E-state index contributed by atoms with van der Waals surface area (Å²) < 4.78 is 12.9. The Morgan fingerprint density at radius 2 is 1.86 bits per heavy atom. The van der Waals surface area contributed by atoms with E-state index in [1.54, 1.807) is 11.8 Å². The minimum absolute atomic E-state index is 0.117. The number of amidine groups is 1. The van der Waals surface area contributed by atoms with Crippen LogP contribution in [0.15, 0.2) is 59.6 Å². The van der Waals surface area contributed by atoms with Gasteiger partial charge in [0, 0.05) is 5.75 Å². The fraction of sp³-hybridized carbons (Fsp3) is 0.235. The van der Waals surface area contributed by atoms with Crippen LogP contribution >= 0.6 is 11.8 Å². The van der Waals surface area contributed by atoms with Gasteiger partial charge in [0.2, 0.25) is 0 Å². The summed E-state index contributed by atoms with van der Waals surface area (Å²) >= 11 is 1.74. The van der Waals surface area contributed by atoms with Gasteiger partial charge in [0.25, 0.3) is 0 Å². The van der Waals surface area contributed by atoms with Crippen molar-refractivity contribution in [2.45, 2.75) is 19.0 Å². The van der Waals surface area contributed by atoms with E-state index in [0.29, 0.717) is 0 Å². The SMILES string of the molecule is CC(NC1=NC(c2ccccc2)CS1)c1ccc(F)cc1. The van der Waals surface area contributed by atoms with E-state index in [1.165, 1.54) is 17.7 Å². The fourth-order valence-electron chi connectivity index (χ4n) is 2.32. The van der Waals surface area contributed by atoms with E-state index < -0.39 is 0 Å². The van der Waals surface area contributed by atoms with Crippen LogP contribution in [0.25, 0.3) is 0 Å². The highest BCUT2D eigenvalue weighted by molar-refractivity contribution is 8.14. The van der Waals surface area contributed by atoms with Gasteiger partial charge < -0.3 is 5.32 Å². The molecule has 2 atom stereocenters. The molecule has 2 unspecified atom stereocenters. The van der Waals surface area contributed by atoms with Gasteiger partial charge in [-0.25, -0.2) is 4.39 Å². The molecule has 0 fully saturated rings. The maximum atomic E-state index is 12.9. The second kappa shape index (κ2) is 6.31. The second-order valence-corrected chi connectivity index (χ2v) is 6.10. The Labute approximate surface area is 128 Å². The van der Waals surface area contributed by atoms with Crippen molar-refractivity contribution < 1.29 is 4.39 Å². The molecule has 1 N–H and O–H groups in total. The van der Waals surface area contributed by atoms with Gasteiger partial charge in [0.1, 0.15) is 5.82 Å². The van der Waals surface area contributed by atoms with Gasteiger partial charge in [-0.15, -0.1) is 0 Å². The van der Waals surface area contributed by atoms with Crippen molar-refractivity contribution in [3.8, 4) is 0 Å². The Bertz CT molecular complexity index is 625. The van der Waals surface area contributed by atoms with Gasteiger partial charge in [-0.2, -0.15) is 0 Å². The summed E-state index contributed by atoms with van der Waals surface area (Å²) in [7, 11) is 0. The Hall–Kier alpha value is -1.81. The predicted octanol–water partition coefficient (Wildman–Crippen LogP) is 4.32. The number of aliphatic imine (C=N–C) groups is 1. The number of benzene rings is 2. The number of rotatable bonds is 3. The number of nitrogens with one attached hydrogen (secondary N) is 1. The molecule has 0 amide bonds. The normalized spacial score (nSPS) is 19.1. The van der Waals surface area contributed by atoms with E-state index >= 15 is 0 Å². The lowest BCUT2D eigenvalue weighted by molar-refractivity contribution is 0.624. The lowest BCUT2D eigenvalue weighted by Crippen LogP contribution is -2.22. The van der Waals surface area contributed by atoms with Crippen LogP contribution in [0.2, 0.25) is 0 Å². The standard InChI is InChI=1S/C17H17FN2S/c1-12(13-7-9-15(18)10-8-13)19-17-20-16(11-21-17)14-5-3-2-4-6-14/h2-10,12,16H,11H2,1H3,(H,19,20). The number of nitrogens with zero attached hydrogens (tertiary/aromatic N) is 1. The molecule has 0 spiro atoms. The Morgan fingerprint density at radius 1 is 1.14 bits per heavy atom. The van der Waals surface area contributed by atoms with E-state index in [0.717, 1.165) is 16.5 Å². The van der Waals surface area contributed by atoms with Gasteiger partial charge >= 0.3 is 0 Å². The lowest BCUT2D eigenvalue weighted by Gasteiger charge is -2.14. The van der Waals surface area contributed by atoms with Crippen molar-refractivity contribution in [3.63, 3.8) is 0 Å². The number of hydrogen-bond donors (Lipinski definition) is 1. The Morgan fingerprint density at radius 3 is 2.57 bits per heavy atom. The fourth-order valence-corrected chi connectivity index (χ4v) is 3.36. The molecule has 0 saturated carbocycles.